The Kier molecular flexibility index (Phi) is 16.3. The molecule has 0 amide bonds. The molecule has 0 aromatic rings. The van der Waals surface area contributed by atoms with Crippen molar-refractivity contribution in [1.29, 1.82) is 0 Å². The summed E-state index contributed by atoms with van der Waals surface area (Å²) in [6.07, 6.45) is 8.48. The minimum absolute atomic E-state index is 0. The van der Waals surface area contributed by atoms with Crippen molar-refractivity contribution in [3.05, 3.63) is 0 Å². The van der Waals surface area contributed by atoms with E-state index < -0.39 is 0 Å². The van der Waals surface area contributed by atoms with Gasteiger partial charge in [0.15, 0.2) is 0 Å². The Morgan fingerprint density at radius 3 is 1.64 bits per heavy atom. The third-order valence-electron chi connectivity index (χ3n) is 2.18. The maximum absolute atomic E-state index is 2.27. The molecule has 0 saturated carbocycles. The fourth-order valence-electron chi connectivity index (χ4n) is 1.37. The van der Waals surface area contributed by atoms with Crippen LogP contribution in [0.25, 0.3) is 0 Å². The van der Waals surface area contributed by atoms with Crippen LogP contribution in [-0.2, 0) is 0 Å². The number of rotatable bonds is 7. The quantitative estimate of drug-likeness (QED) is 0.521. The SMILES string of the molecule is CCCCCCCC[N+](C)(C)C.N.[Br-]. The van der Waals surface area contributed by atoms with Gasteiger partial charge in [-0.3, -0.25) is 0 Å². The Morgan fingerprint density at radius 2 is 1.21 bits per heavy atom. The van der Waals surface area contributed by atoms with Gasteiger partial charge in [-0.2, -0.15) is 0 Å². The highest BCUT2D eigenvalue weighted by Crippen LogP contribution is 2.06. The van der Waals surface area contributed by atoms with Crippen molar-refractivity contribution in [3.8, 4) is 0 Å². The molecule has 0 aliphatic rings. The topological polar surface area (TPSA) is 35.0 Å². The summed E-state index contributed by atoms with van der Waals surface area (Å²) in [6, 6.07) is 0. The van der Waals surface area contributed by atoms with Crippen LogP contribution in [0.15, 0.2) is 0 Å². The highest BCUT2D eigenvalue weighted by Gasteiger charge is 2.04. The smallest absolute Gasteiger partial charge is 0.0780 e. The Morgan fingerprint density at radius 1 is 0.786 bits per heavy atom. The summed E-state index contributed by atoms with van der Waals surface area (Å²) in [5, 5.41) is 0. The number of nitrogens with zero attached hydrogens (tertiary/aromatic N) is 1. The first-order chi connectivity index (χ1) is 5.56. The van der Waals surface area contributed by atoms with E-state index >= 15 is 0 Å². The summed E-state index contributed by atoms with van der Waals surface area (Å²) in [6.45, 7) is 3.60. The van der Waals surface area contributed by atoms with Gasteiger partial charge in [-0.25, -0.2) is 0 Å². The molecule has 0 heterocycles. The van der Waals surface area contributed by atoms with Crippen molar-refractivity contribution in [2.45, 2.75) is 45.4 Å². The standard InChI is InChI=1S/C11H26N.BrH.H3N/c1-5-6-7-8-9-10-11-12(2,3)4;;/h5-11H2,1-4H3;1H;1H3/q+1;;/p-1. The van der Waals surface area contributed by atoms with E-state index in [9.17, 15) is 0 Å². The minimum atomic E-state index is 0. The highest BCUT2D eigenvalue weighted by atomic mass is 79.9. The second kappa shape index (κ2) is 11.5. The molecule has 90 valence electrons. The first kappa shape index (κ1) is 19.9. The monoisotopic (exact) mass is 268 g/mol. The molecule has 0 radical (unpaired) electrons. The number of unbranched alkanes of at least 4 members (excludes halogenated alkanes) is 5. The summed E-state index contributed by atoms with van der Waals surface area (Å²) in [5.41, 5.74) is 0. The first-order valence-electron chi connectivity index (χ1n) is 5.36. The maximum atomic E-state index is 2.27. The van der Waals surface area contributed by atoms with E-state index in [-0.39, 0.29) is 23.1 Å². The predicted octanol–water partition coefficient (Wildman–Crippen LogP) is 0.219. The lowest BCUT2D eigenvalue weighted by Gasteiger charge is -2.23. The molecule has 0 aromatic heterocycles. The predicted molar refractivity (Wildman–Crippen MR) is 61.3 cm³/mol. The molecule has 0 aliphatic heterocycles. The first-order valence-corrected chi connectivity index (χ1v) is 5.36. The summed E-state index contributed by atoms with van der Waals surface area (Å²) >= 11 is 0. The van der Waals surface area contributed by atoms with Crippen LogP contribution in [0.2, 0.25) is 0 Å². The summed E-state index contributed by atoms with van der Waals surface area (Å²) in [7, 11) is 6.81. The molecule has 14 heavy (non-hydrogen) atoms. The van der Waals surface area contributed by atoms with Crippen LogP contribution in [-0.4, -0.2) is 32.2 Å². The van der Waals surface area contributed by atoms with Gasteiger partial charge in [0, 0.05) is 0 Å². The van der Waals surface area contributed by atoms with Gasteiger partial charge in [-0.15, -0.1) is 0 Å². The second-order valence-electron chi connectivity index (χ2n) is 4.78. The van der Waals surface area contributed by atoms with Crippen molar-refractivity contribution in [2.24, 2.45) is 0 Å². The fraction of sp³-hybridized carbons (Fsp3) is 1.00. The third kappa shape index (κ3) is 18.2. The zero-order chi connectivity index (χ0) is 9.45. The van der Waals surface area contributed by atoms with Crippen LogP contribution in [0.4, 0.5) is 0 Å². The molecule has 2 nitrogen and oxygen atoms in total. The molecular formula is C11H29BrN2. The lowest BCUT2D eigenvalue weighted by atomic mass is 10.1. The van der Waals surface area contributed by atoms with Gasteiger partial charge in [0.2, 0.25) is 0 Å². The molecule has 3 N–H and O–H groups in total. The average Bonchev–Trinajstić information content (AvgIpc) is 1.94. The average molecular weight is 269 g/mol. The van der Waals surface area contributed by atoms with E-state index in [0.29, 0.717) is 0 Å². The summed E-state index contributed by atoms with van der Waals surface area (Å²) < 4.78 is 1.12. The van der Waals surface area contributed by atoms with Gasteiger partial charge >= 0.3 is 0 Å². The summed E-state index contributed by atoms with van der Waals surface area (Å²) in [5.74, 6) is 0. The Hall–Kier alpha value is 0.400. The van der Waals surface area contributed by atoms with Crippen LogP contribution >= 0.6 is 0 Å². The van der Waals surface area contributed by atoms with Crippen LogP contribution < -0.4 is 23.1 Å². The molecular weight excluding hydrogens is 240 g/mol. The zero-order valence-corrected chi connectivity index (χ0v) is 12.1. The molecule has 0 spiro atoms. The van der Waals surface area contributed by atoms with Crippen molar-refractivity contribution < 1.29 is 21.5 Å². The van der Waals surface area contributed by atoms with Crippen LogP contribution in [0.5, 0.6) is 0 Å². The van der Waals surface area contributed by atoms with Gasteiger partial charge in [0.25, 0.3) is 0 Å². The Labute approximate surface area is 101 Å². The molecule has 0 unspecified atom stereocenters. The molecule has 0 aromatic carbocycles. The van der Waals surface area contributed by atoms with Crippen molar-refractivity contribution in [1.82, 2.24) is 6.15 Å². The summed E-state index contributed by atoms with van der Waals surface area (Å²) in [4.78, 5) is 0. The normalized spacial score (nSPS) is 10.3. The van der Waals surface area contributed by atoms with Gasteiger partial charge in [0.1, 0.15) is 0 Å². The molecule has 0 saturated heterocycles. The highest BCUT2D eigenvalue weighted by molar-refractivity contribution is 4.42. The maximum Gasteiger partial charge on any atom is 0.0780 e. The lowest BCUT2D eigenvalue weighted by Crippen LogP contribution is -3.00. The number of halogens is 1. The van der Waals surface area contributed by atoms with Crippen molar-refractivity contribution in [2.75, 3.05) is 27.7 Å². The number of hydrogen-bond donors (Lipinski definition) is 1. The van der Waals surface area contributed by atoms with Crippen LogP contribution in [0, 0.1) is 0 Å². The van der Waals surface area contributed by atoms with Crippen molar-refractivity contribution in [3.63, 3.8) is 0 Å². The number of hydrogen-bond acceptors (Lipinski definition) is 1. The van der Waals surface area contributed by atoms with Gasteiger partial charge < -0.3 is 27.6 Å². The van der Waals surface area contributed by atoms with E-state index in [1.165, 1.54) is 45.1 Å². The Balaban J connectivity index is -0.000000605. The zero-order valence-electron chi connectivity index (χ0n) is 10.5. The lowest BCUT2D eigenvalue weighted by molar-refractivity contribution is -0.870. The van der Waals surface area contributed by atoms with Gasteiger partial charge in [-0.05, 0) is 12.8 Å². The van der Waals surface area contributed by atoms with E-state index in [1.54, 1.807) is 0 Å². The van der Waals surface area contributed by atoms with E-state index in [0.717, 1.165) is 4.48 Å². The molecule has 0 aliphatic carbocycles. The fourth-order valence-corrected chi connectivity index (χ4v) is 1.37. The number of quaternary nitrogens is 1. The van der Waals surface area contributed by atoms with Crippen LogP contribution in [0.1, 0.15) is 45.4 Å². The molecule has 0 atom stereocenters. The molecule has 0 bridgehead atoms. The molecule has 3 heteroatoms. The minimum Gasteiger partial charge on any atom is -1.00 e. The second-order valence-corrected chi connectivity index (χ2v) is 4.78. The van der Waals surface area contributed by atoms with Crippen molar-refractivity contribution >= 4 is 0 Å². The van der Waals surface area contributed by atoms with Gasteiger partial charge in [0.05, 0.1) is 27.7 Å². The van der Waals surface area contributed by atoms with Gasteiger partial charge in [-0.1, -0.05) is 32.6 Å². The molecule has 0 rings (SSSR count). The van der Waals surface area contributed by atoms with Crippen LogP contribution in [0.3, 0.4) is 0 Å². The largest absolute Gasteiger partial charge is 1.00 e. The molecule has 0 fully saturated rings. The third-order valence-corrected chi connectivity index (χ3v) is 2.18. The van der Waals surface area contributed by atoms with E-state index in [1.807, 2.05) is 0 Å². The van der Waals surface area contributed by atoms with E-state index in [2.05, 4.69) is 28.1 Å². The van der Waals surface area contributed by atoms with E-state index in [4.69, 9.17) is 0 Å². The Bertz CT molecular complexity index is 100.0.